The minimum atomic E-state index is -0.464. The standard InChI is InChI=1S/C19H28N2O4.ClH/c1-13(2)9-15(20)18(22)21-11-19(5-7-23-8-6-19)14-3-4-16-17(10-14)25-12-24-16;/h3-4,10,13,15H,5-9,11-12,20H2,1-2H3,(H,21,22);1H/t15-;/m0./s1. The van der Waals surface area contributed by atoms with Gasteiger partial charge >= 0.3 is 0 Å². The van der Waals surface area contributed by atoms with Crippen molar-refractivity contribution in [3.63, 3.8) is 0 Å². The van der Waals surface area contributed by atoms with Crippen LogP contribution in [0.2, 0.25) is 0 Å². The first kappa shape index (κ1) is 20.8. The molecular formula is C19H29ClN2O4. The molecule has 146 valence electrons. The number of hydrogen-bond acceptors (Lipinski definition) is 5. The summed E-state index contributed by atoms with van der Waals surface area (Å²) in [6, 6.07) is 5.59. The lowest BCUT2D eigenvalue weighted by Crippen LogP contribution is -2.49. The minimum Gasteiger partial charge on any atom is -0.454 e. The molecule has 1 saturated heterocycles. The number of benzene rings is 1. The van der Waals surface area contributed by atoms with Crippen LogP contribution in [0.25, 0.3) is 0 Å². The summed E-state index contributed by atoms with van der Waals surface area (Å²) in [6.07, 6.45) is 2.39. The summed E-state index contributed by atoms with van der Waals surface area (Å²) in [5.74, 6) is 1.85. The van der Waals surface area contributed by atoms with E-state index in [0.717, 1.165) is 29.9 Å². The summed E-state index contributed by atoms with van der Waals surface area (Å²) >= 11 is 0. The number of rotatable bonds is 6. The second-order valence-electron chi connectivity index (χ2n) is 7.41. The number of hydrogen-bond donors (Lipinski definition) is 2. The highest BCUT2D eigenvalue weighted by atomic mass is 35.5. The van der Waals surface area contributed by atoms with Crippen LogP contribution in [-0.2, 0) is 14.9 Å². The van der Waals surface area contributed by atoms with Gasteiger partial charge in [-0.05, 0) is 42.9 Å². The Balaban J connectivity index is 0.00000243. The lowest BCUT2D eigenvalue weighted by molar-refractivity contribution is -0.123. The van der Waals surface area contributed by atoms with E-state index in [9.17, 15) is 4.79 Å². The fraction of sp³-hybridized carbons (Fsp3) is 0.632. The third-order valence-electron chi connectivity index (χ3n) is 5.10. The van der Waals surface area contributed by atoms with Crippen LogP contribution in [0.15, 0.2) is 18.2 Å². The average molecular weight is 385 g/mol. The molecule has 1 atom stereocenters. The summed E-state index contributed by atoms with van der Waals surface area (Å²) in [5.41, 5.74) is 7.01. The number of carbonyl (C=O) groups is 1. The van der Waals surface area contributed by atoms with Gasteiger partial charge in [0.25, 0.3) is 0 Å². The van der Waals surface area contributed by atoms with Crippen LogP contribution in [0.4, 0.5) is 0 Å². The first-order valence-electron chi connectivity index (χ1n) is 9.01. The van der Waals surface area contributed by atoms with Gasteiger partial charge in [0.1, 0.15) is 0 Å². The Bertz CT molecular complexity index is 618. The molecule has 0 unspecified atom stereocenters. The van der Waals surface area contributed by atoms with Gasteiger partial charge in [-0.15, -0.1) is 12.4 Å². The van der Waals surface area contributed by atoms with Crippen molar-refractivity contribution in [2.45, 2.75) is 44.6 Å². The Hall–Kier alpha value is -1.50. The Morgan fingerprint density at radius 3 is 2.62 bits per heavy atom. The fourth-order valence-corrected chi connectivity index (χ4v) is 3.56. The molecule has 2 heterocycles. The fourth-order valence-electron chi connectivity index (χ4n) is 3.56. The summed E-state index contributed by atoms with van der Waals surface area (Å²) < 4.78 is 16.5. The third kappa shape index (κ3) is 4.61. The lowest BCUT2D eigenvalue weighted by atomic mass is 9.74. The van der Waals surface area contributed by atoms with Crippen molar-refractivity contribution < 1.29 is 19.0 Å². The van der Waals surface area contributed by atoms with E-state index in [1.54, 1.807) is 0 Å². The molecule has 6 nitrogen and oxygen atoms in total. The third-order valence-corrected chi connectivity index (χ3v) is 5.10. The molecule has 7 heteroatoms. The number of halogens is 1. The van der Waals surface area contributed by atoms with Gasteiger partial charge in [-0.3, -0.25) is 4.79 Å². The Morgan fingerprint density at radius 2 is 1.92 bits per heavy atom. The van der Waals surface area contributed by atoms with Crippen LogP contribution < -0.4 is 20.5 Å². The maximum Gasteiger partial charge on any atom is 0.236 e. The van der Waals surface area contributed by atoms with Crippen LogP contribution >= 0.6 is 12.4 Å². The number of fused-ring (bicyclic) bond motifs is 1. The molecule has 0 aromatic heterocycles. The summed E-state index contributed by atoms with van der Waals surface area (Å²) in [5, 5.41) is 3.07. The first-order chi connectivity index (χ1) is 12.0. The van der Waals surface area contributed by atoms with Crippen molar-refractivity contribution in [1.82, 2.24) is 5.32 Å². The number of amides is 1. The molecule has 1 aromatic carbocycles. The van der Waals surface area contributed by atoms with Gasteiger partial charge in [-0.2, -0.15) is 0 Å². The van der Waals surface area contributed by atoms with E-state index >= 15 is 0 Å². The largest absolute Gasteiger partial charge is 0.454 e. The van der Waals surface area contributed by atoms with Crippen molar-refractivity contribution in [3.8, 4) is 11.5 Å². The van der Waals surface area contributed by atoms with Crippen molar-refractivity contribution >= 4 is 18.3 Å². The molecule has 3 rings (SSSR count). The van der Waals surface area contributed by atoms with E-state index in [-0.39, 0.29) is 30.5 Å². The van der Waals surface area contributed by atoms with Crippen LogP contribution in [0.5, 0.6) is 11.5 Å². The minimum absolute atomic E-state index is 0. The van der Waals surface area contributed by atoms with Gasteiger partial charge in [-0.25, -0.2) is 0 Å². The van der Waals surface area contributed by atoms with Gasteiger partial charge in [0.05, 0.1) is 6.04 Å². The van der Waals surface area contributed by atoms with Crippen LogP contribution in [0, 0.1) is 5.92 Å². The Labute approximate surface area is 161 Å². The highest BCUT2D eigenvalue weighted by Gasteiger charge is 2.36. The SMILES string of the molecule is CC(C)C[C@H](N)C(=O)NCC1(c2ccc3c(c2)OCO3)CCOCC1.Cl. The molecule has 0 saturated carbocycles. The predicted molar refractivity (Wildman–Crippen MR) is 102 cm³/mol. The summed E-state index contributed by atoms with van der Waals surface area (Å²) in [7, 11) is 0. The molecule has 1 amide bonds. The highest BCUT2D eigenvalue weighted by Crippen LogP contribution is 2.40. The number of ether oxygens (including phenoxy) is 3. The van der Waals surface area contributed by atoms with Crippen molar-refractivity contribution in [3.05, 3.63) is 23.8 Å². The van der Waals surface area contributed by atoms with Gasteiger partial charge in [0, 0.05) is 25.2 Å². The zero-order chi connectivity index (χ0) is 17.9. The lowest BCUT2D eigenvalue weighted by Gasteiger charge is -2.38. The number of nitrogens with one attached hydrogen (secondary N) is 1. The van der Waals surface area contributed by atoms with E-state index in [0.29, 0.717) is 32.1 Å². The zero-order valence-electron chi connectivity index (χ0n) is 15.5. The van der Waals surface area contributed by atoms with Gasteiger partial charge in [0.15, 0.2) is 11.5 Å². The predicted octanol–water partition coefficient (Wildman–Crippen LogP) is 2.37. The van der Waals surface area contributed by atoms with E-state index in [2.05, 4.69) is 25.2 Å². The smallest absolute Gasteiger partial charge is 0.236 e. The maximum absolute atomic E-state index is 12.4. The summed E-state index contributed by atoms with van der Waals surface area (Å²) in [6.45, 7) is 6.32. The maximum atomic E-state index is 12.4. The van der Waals surface area contributed by atoms with Crippen LogP contribution in [-0.4, -0.2) is 38.5 Å². The first-order valence-corrected chi connectivity index (χ1v) is 9.01. The zero-order valence-corrected chi connectivity index (χ0v) is 16.3. The quantitative estimate of drug-likeness (QED) is 0.786. The molecule has 0 aliphatic carbocycles. The normalized spacial score (nSPS) is 18.9. The topological polar surface area (TPSA) is 82.8 Å². The molecule has 0 radical (unpaired) electrons. The Kier molecular flexibility index (Phi) is 7.15. The molecule has 1 aromatic rings. The van der Waals surface area contributed by atoms with Crippen molar-refractivity contribution in [2.24, 2.45) is 11.7 Å². The van der Waals surface area contributed by atoms with E-state index in [4.69, 9.17) is 19.9 Å². The average Bonchev–Trinajstić information content (AvgIpc) is 3.07. The van der Waals surface area contributed by atoms with Crippen LogP contribution in [0.3, 0.4) is 0 Å². The molecule has 0 bridgehead atoms. The second-order valence-corrected chi connectivity index (χ2v) is 7.41. The van der Waals surface area contributed by atoms with Gasteiger partial charge in [-0.1, -0.05) is 19.9 Å². The molecule has 2 aliphatic rings. The van der Waals surface area contributed by atoms with Crippen LogP contribution in [0.1, 0.15) is 38.7 Å². The molecule has 3 N–H and O–H groups in total. The Morgan fingerprint density at radius 1 is 1.23 bits per heavy atom. The molecule has 1 fully saturated rings. The molecule has 0 spiro atoms. The summed E-state index contributed by atoms with van der Waals surface area (Å²) in [4.78, 5) is 12.4. The molecule has 2 aliphatic heterocycles. The number of nitrogens with two attached hydrogens (primary N) is 1. The second kappa shape index (κ2) is 8.93. The van der Waals surface area contributed by atoms with Gasteiger partial charge in [0.2, 0.25) is 12.7 Å². The van der Waals surface area contributed by atoms with E-state index in [1.807, 2.05) is 12.1 Å². The van der Waals surface area contributed by atoms with E-state index < -0.39 is 6.04 Å². The molecule has 26 heavy (non-hydrogen) atoms. The highest BCUT2D eigenvalue weighted by molar-refractivity contribution is 5.85. The van der Waals surface area contributed by atoms with Gasteiger partial charge < -0.3 is 25.3 Å². The van der Waals surface area contributed by atoms with Crippen molar-refractivity contribution in [1.29, 1.82) is 0 Å². The van der Waals surface area contributed by atoms with Crippen molar-refractivity contribution in [2.75, 3.05) is 26.6 Å². The number of carbonyl (C=O) groups excluding carboxylic acids is 1. The molecular weight excluding hydrogens is 356 g/mol. The van der Waals surface area contributed by atoms with E-state index in [1.165, 1.54) is 0 Å². The monoisotopic (exact) mass is 384 g/mol.